The predicted octanol–water partition coefficient (Wildman–Crippen LogP) is -0.578. The van der Waals surface area contributed by atoms with Crippen LogP contribution in [0.5, 0.6) is 0 Å². The summed E-state index contributed by atoms with van der Waals surface area (Å²) in [5.74, 6) is -0.415. The Morgan fingerprint density at radius 2 is 1.75 bits per heavy atom. The molecule has 0 atom stereocenters. The SMILES string of the molecule is CC(=O)OCOCOCOCO. The van der Waals surface area contributed by atoms with Gasteiger partial charge in [0.25, 0.3) is 0 Å². The van der Waals surface area contributed by atoms with E-state index in [0.29, 0.717) is 0 Å². The average Bonchev–Trinajstić information content (AvgIpc) is 2.02. The molecule has 0 bridgehead atoms. The molecule has 0 radical (unpaired) electrons. The van der Waals surface area contributed by atoms with Crippen molar-refractivity contribution in [2.75, 3.05) is 27.2 Å². The number of hydrogen-bond donors (Lipinski definition) is 1. The Bertz CT molecular complexity index is 115. The molecule has 0 aromatic rings. The van der Waals surface area contributed by atoms with E-state index in [1.807, 2.05) is 0 Å². The minimum Gasteiger partial charge on any atom is -0.439 e. The summed E-state index contributed by atoms with van der Waals surface area (Å²) < 4.78 is 18.1. The van der Waals surface area contributed by atoms with Crippen LogP contribution in [-0.4, -0.2) is 38.2 Å². The molecule has 0 heterocycles. The van der Waals surface area contributed by atoms with Gasteiger partial charge in [-0.05, 0) is 0 Å². The number of ether oxygens (including phenoxy) is 4. The van der Waals surface area contributed by atoms with Crippen molar-refractivity contribution < 1.29 is 28.8 Å². The fourth-order valence-electron chi connectivity index (χ4n) is 0.348. The molecule has 12 heavy (non-hydrogen) atoms. The van der Waals surface area contributed by atoms with Crippen molar-refractivity contribution in [3.63, 3.8) is 0 Å². The highest BCUT2D eigenvalue weighted by Crippen LogP contribution is 1.82. The second kappa shape index (κ2) is 8.41. The maximum absolute atomic E-state index is 10.2. The number of rotatable bonds is 7. The van der Waals surface area contributed by atoms with Crippen LogP contribution in [0.3, 0.4) is 0 Å². The van der Waals surface area contributed by atoms with Crippen molar-refractivity contribution in [2.24, 2.45) is 0 Å². The normalized spacial score (nSPS) is 9.83. The van der Waals surface area contributed by atoms with Gasteiger partial charge in [0.1, 0.15) is 6.79 Å². The maximum atomic E-state index is 10.2. The molecule has 0 fully saturated rings. The summed E-state index contributed by atoms with van der Waals surface area (Å²) in [6.45, 7) is 0.626. The van der Waals surface area contributed by atoms with E-state index in [4.69, 9.17) is 5.11 Å². The number of hydrogen-bond acceptors (Lipinski definition) is 6. The maximum Gasteiger partial charge on any atom is 0.304 e. The second-order valence-electron chi connectivity index (χ2n) is 1.73. The highest BCUT2D eigenvalue weighted by atomic mass is 16.8. The van der Waals surface area contributed by atoms with E-state index in [9.17, 15) is 4.79 Å². The first kappa shape index (κ1) is 11.3. The van der Waals surface area contributed by atoms with Gasteiger partial charge in [-0.15, -0.1) is 0 Å². The molecular weight excluding hydrogens is 168 g/mol. The lowest BCUT2D eigenvalue weighted by Crippen LogP contribution is -2.09. The van der Waals surface area contributed by atoms with Crippen molar-refractivity contribution in [1.82, 2.24) is 0 Å². The molecule has 0 rings (SSSR count). The van der Waals surface area contributed by atoms with Gasteiger partial charge in [-0.3, -0.25) is 4.79 Å². The zero-order chi connectivity index (χ0) is 9.23. The zero-order valence-electron chi connectivity index (χ0n) is 6.82. The van der Waals surface area contributed by atoms with Crippen LogP contribution in [0.15, 0.2) is 0 Å². The largest absolute Gasteiger partial charge is 0.439 e. The number of carbonyl (C=O) groups is 1. The molecule has 0 aliphatic heterocycles. The minimum absolute atomic E-state index is 0.0483. The lowest BCUT2D eigenvalue weighted by molar-refractivity contribution is -0.189. The van der Waals surface area contributed by atoms with Crippen LogP contribution in [0.4, 0.5) is 0 Å². The van der Waals surface area contributed by atoms with Gasteiger partial charge in [0.15, 0.2) is 20.4 Å². The Balaban J connectivity index is 2.86. The van der Waals surface area contributed by atoms with Crippen molar-refractivity contribution in [3.05, 3.63) is 0 Å². The number of esters is 1. The molecule has 0 aliphatic rings. The monoisotopic (exact) mass is 180 g/mol. The van der Waals surface area contributed by atoms with Crippen LogP contribution in [0.25, 0.3) is 0 Å². The summed E-state index contributed by atoms with van der Waals surface area (Å²) in [5.41, 5.74) is 0. The topological polar surface area (TPSA) is 74.2 Å². The van der Waals surface area contributed by atoms with Crippen molar-refractivity contribution in [3.8, 4) is 0 Å². The Morgan fingerprint density at radius 1 is 1.17 bits per heavy atom. The Hall–Kier alpha value is -0.690. The number of carbonyl (C=O) groups excluding carboxylic acids is 1. The van der Waals surface area contributed by atoms with Crippen molar-refractivity contribution >= 4 is 5.97 Å². The lowest BCUT2D eigenvalue weighted by Gasteiger charge is -2.04. The molecule has 0 unspecified atom stereocenters. The molecule has 0 saturated carbocycles. The molecule has 0 spiro atoms. The summed E-state index contributed by atoms with van der Waals surface area (Å²) in [5, 5.41) is 8.13. The highest BCUT2D eigenvalue weighted by Gasteiger charge is 1.91. The van der Waals surface area contributed by atoms with Gasteiger partial charge in [0.05, 0.1) is 0 Å². The van der Waals surface area contributed by atoms with E-state index in [-0.39, 0.29) is 20.4 Å². The van der Waals surface area contributed by atoms with Gasteiger partial charge < -0.3 is 24.1 Å². The van der Waals surface area contributed by atoms with Gasteiger partial charge in [0, 0.05) is 6.92 Å². The summed E-state index contributed by atoms with van der Waals surface area (Å²) in [6.07, 6.45) is 0. The standard InChI is InChI=1S/C6H12O6/c1-6(8)12-5-11-4-10-3-9-2-7/h7H,2-5H2,1H3. The highest BCUT2D eigenvalue weighted by molar-refractivity contribution is 5.65. The molecule has 72 valence electrons. The first-order valence-electron chi connectivity index (χ1n) is 3.25. The molecule has 6 nitrogen and oxygen atoms in total. The lowest BCUT2D eigenvalue weighted by atomic mass is 10.8. The molecule has 1 N–H and O–H groups in total. The third kappa shape index (κ3) is 9.31. The molecular formula is C6H12O6. The minimum atomic E-state index is -0.415. The molecule has 0 aromatic heterocycles. The summed E-state index contributed by atoms with van der Waals surface area (Å²) >= 11 is 0. The van der Waals surface area contributed by atoms with Crippen LogP contribution in [0.1, 0.15) is 6.92 Å². The first-order chi connectivity index (χ1) is 5.77. The third-order valence-corrected chi connectivity index (χ3v) is 0.770. The first-order valence-corrected chi connectivity index (χ1v) is 3.25. The van der Waals surface area contributed by atoms with E-state index in [0.717, 1.165) is 0 Å². The third-order valence-electron chi connectivity index (χ3n) is 0.770. The molecule has 0 saturated heterocycles. The quantitative estimate of drug-likeness (QED) is 0.321. The molecule has 0 aromatic carbocycles. The fraction of sp³-hybridized carbons (Fsp3) is 0.833. The van der Waals surface area contributed by atoms with E-state index in [1.54, 1.807) is 0 Å². The summed E-state index contributed by atoms with van der Waals surface area (Å²) in [6, 6.07) is 0. The fourth-order valence-corrected chi connectivity index (χ4v) is 0.348. The number of aliphatic hydroxyl groups excluding tert-OH is 1. The molecule has 0 aliphatic carbocycles. The summed E-state index contributed by atoms with van der Waals surface area (Å²) in [4.78, 5) is 10.2. The number of aliphatic hydroxyl groups is 1. The van der Waals surface area contributed by atoms with Gasteiger partial charge >= 0.3 is 5.97 Å². The van der Waals surface area contributed by atoms with Gasteiger partial charge in [-0.25, -0.2) is 0 Å². The summed E-state index contributed by atoms with van der Waals surface area (Å²) in [7, 11) is 0. The molecule has 6 heteroatoms. The smallest absolute Gasteiger partial charge is 0.304 e. The van der Waals surface area contributed by atoms with Crippen LogP contribution in [-0.2, 0) is 23.7 Å². The van der Waals surface area contributed by atoms with E-state index in [1.165, 1.54) is 6.92 Å². The van der Waals surface area contributed by atoms with Crippen LogP contribution >= 0.6 is 0 Å². The van der Waals surface area contributed by atoms with E-state index < -0.39 is 12.8 Å². The van der Waals surface area contributed by atoms with Crippen LogP contribution in [0.2, 0.25) is 0 Å². The Kier molecular flexibility index (Phi) is 7.92. The average molecular weight is 180 g/mol. The Morgan fingerprint density at radius 3 is 2.33 bits per heavy atom. The zero-order valence-corrected chi connectivity index (χ0v) is 6.82. The van der Waals surface area contributed by atoms with Gasteiger partial charge in [-0.2, -0.15) is 0 Å². The van der Waals surface area contributed by atoms with E-state index >= 15 is 0 Å². The van der Waals surface area contributed by atoms with Crippen LogP contribution in [0, 0.1) is 0 Å². The van der Waals surface area contributed by atoms with Gasteiger partial charge in [0.2, 0.25) is 0 Å². The van der Waals surface area contributed by atoms with E-state index in [2.05, 4.69) is 18.9 Å². The van der Waals surface area contributed by atoms with Crippen molar-refractivity contribution in [1.29, 1.82) is 0 Å². The Labute approximate surface area is 70.0 Å². The second-order valence-corrected chi connectivity index (χ2v) is 1.73. The van der Waals surface area contributed by atoms with Crippen molar-refractivity contribution in [2.45, 2.75) is 6.92 Å². The molecule has 0 amide bonds. The van der Waals surface area contributed by atoms with Crippen LogP contribution < -0.4 is 0 Å². The predicted molar refractivity (Wildman–Crippen MR) is 36.7 cm³/mol. The van der Waals surface area contributed by atoms with Gasteiger partial charge in [-0.1, -0.05) is 0 Å².